The van der Waals surface area contributed by atoms with E-state index >= 15 is 0 Å². The van der Waals surface area contributed by atoms with Crippen LogP contribution in [0.15, 0.2) is 0 Å². The predicted octanol–water partition coefficient (Wildman–Crippen LogP) is 0.504. The smallest absolute Gasteiger partial charge is 0.310 e. The summed E-state index contributed by atoms with van der Waals surface area (Å²) in [6, 6.07) is 0.431. The van der Waals surface area contributed by atoms with Gasteiger partial charge in [0.25, 0.3) is 0 Å². The van der Waals surface area contributed by atoms with Gasteiger partial charge >= 0.3 is 5.97 Å². The van der Waals surface area contributed by atoms with E-state index < -0.39 is 0 Å². The average Bonchev–Trinajstić information content (AvgIpc) is 2.47. The molecular weight excluding hydrogens is 306 g/mol. The summed E-state index contributed by atoms with van der Waals surface area (Å²) < 4.78 is 5.08. The van der Waals surface area contributed by atoms with Crippen molar-refractivity contribution in [2.24, 2.45) is 5.92 Å². The van der Waals surface area contributed by atoms with Crippen molar-refractivity contribution in [2.45, 2.75) is 32.7 Å². The first kappa shape index (κ1) is 19.2. The van der Waals surface area contributed by atoms with Crippen LogP contribution in [0.3, 0.4) is 0 Å². The minimum absolute atomic E-state index is 0. The van der Waals surface area contributed by atoms with Gasteiger partial charge in [-0.3, -0.25) is 14.5 Å². The Hall–Kier alpha value is -0.850. The highest BCUT2D eigenvalue weighted by Crippen LogP contribution is 2.18. The molecule has 2 atom stereocenters. The number of likely N-dealkylation sites (tertiary alicyclic amines) is 1. The van der Waals surface area contributed by atoms with E-state index in [-0.39, 0.29) is 30.2 Å². The molecule has 0 aliphatic carbocycles. The number of esters is 1. The molecule has 1 amide bonds. The van der Waals surface area contributed by atoms with Crippen molar-refractivity contribution in [3.8, 4) is 0 Å². The Morgan fingerprint density at radius 1 is 1.27 bits per heavy atom. The van der Waals surface area contributed by atoms with Crippen LogP contribution < -0.4 is 5.32 Å². The third-order valence-corrected chi connectivity index (χ3v) is 4.21. The molecule has 0 radical (unpaired) electrons. The van der Waals surface area contributed by atoms with Gasteiger partial charge in [-0.1, -0.05) is 0 Å². The first-order valence-electron chi connectivity index (χ1n) is 8.00. The fourth-order valence-corrected chi connectivity index (χ4v) is 3.10. The minimum atomic E-state index is -0.161. The van der Waals surface area contributed by atoms with Crippen LogP contribution in [0, 0.1) is 5.92 Å². The Morgan fingerprint density at radius 2 is 2.05 bits per heavy atom. The van der Waals surface area contributed by atoms with Gasteiger partial charge in [-0.05, 0) is 26.7 Å². The van der Waals surface area contributed by atoms with Crippen molar-refractivity contribution in [3.05, 3.63) is 0 Å². The average molecular weight is 334 g/mol. The number of nitrogens with one attached hydrogen (secondary N) is 1. The number of hydrogen-bond donors (Lipinski definition) is 1. The van der Waals surface area contributed by atoms with Gasteiger partial charge in [0.2, 0.25) is 5.91 Å². The van der Waals surface area contributed by atoms with Crippen LogP contribution in [0.4, 0.5) is 0 Å². The Morgan fingerprint density at radius 3 is 2.73 bits per heavy atom. The molecule has 0 bridgehead atoms. The van der Waals surface area contributed by atoms with Crippen molar-refractivity contribution >= 4 is 24.3 Å². The number of piperidine rings is 1. The molecule has 2 rings (SSSR count). The summed E-state index contributed by atoms with van der Waals surface area (Å²) in [6.45, 7) is 8.83. The number of amides is 1. The third kappa shape index (κ3) is 5.41. The van der Waals surface area contributed by atoms with E-state index in [1.165, 1.54) is 0 Å². The SMILES string of the molecule is CCOC(=O)C1CCCN(C(=O)CN2CCN[C@@H](C)C2)C1.Cl. The van der Waals surface area contributed by atoms with Gasteiger partial charge in [0, 0.05) is 38.8 Å². The molecular formula is C15H28ClN3O3. The van der Waals surface area contributed by atoms with E-state index in [0.29, 0.717) is 25.7 Å². The number of carbonyl (C=O) groups excluding carboxylic acids is 2. The van der Waals surface area contributed by atoms with Crippen LogP contribution in [-0.2, 0) is 14.3 Å². The first-order chi connectivity index (χ1) is 10.1. The zero-order valence-electron chi connectivity index (χ0n) is 13.5. The molecule has 2 saturated heterocycles. The number of halogens is 1. The highest BCUT2D eigenvalue weighted by Gasteiger charge is 2.30. The molecule has 0 spiro atoms. The zero-order chi connectivity index (χ0) is 15.2. The van der Waals surface area contributed by atoms with Crippen molar-refractivity contribution in [1.29, 1.82) is 0 Å². The lowest BCUT2D eigenvalue weighted by atomic mass is 9.98. The molecule has 2 fully saturated rings. The van der Waals surface area contributed by atoms with Gasteiger partial charge < -0.3 is 15.0 Å². The van der Waals surface area contributed by atoms with Gasteiger partial charge in [-0.15, -0.1) is 12.4 Å². The lowest BCUT2D eigenvalue weighted by Gasteiger charge is -2.35. The van der Waals surface area contributed by atoms with Crippen molar-refractivity contribution in [1.82, 2.24) is 15.1 Å². The molecule has 128 valence electrons. The van der Waals surface area contributed by atoms with E-state index in [1.807, 2.05) is 11.8 Å². The summed E-state index contributed by atoms with van der Waals surface area (Å²) in [5.74, 6) is -0.173. The van der Waals surface area contributed by atoms with E-state index in [4.69, 9.17) is 4.74 Å². The molecule has 0 saturated carbocycles. The van der Waals surface area contributed by atoms with Crippen LogP contribution in [0.2, 0.25) is 0 Å². The normalized spacial score (nSPS) is 26.2. The maximum absolute atomic E-state index is 12.4. The molecule has 1 N–H and O–H groups in total. The number of nitrogens with zero attached hydrogens (tertiary/aromatic N) is 2. The van der Waals surface area contributed by atoms with Crippen LogP contribution in [0.1, 0.15) is 26.7 Å². The summed E-state index contributed by atoms with van der Waals surface area (Å²) in [6.07, 6.45) is 1.71. The second-order valence-corrected chi connectivity index (χ2v) is 6.02. The molecule has 7 heteroatoms. The van der Waals surface area contributed by atoms with Crippen LogP contribution in [0.5, 0.6) is 0 Å². The number of ether oxygens (including phenoxy) is 1. The predicted molar refractivity (Wildman–Crippen MR) is 87.1 cm³/mol. The number of carbonyl (C=O) groups is 2. The van der Waals surface area contributed by atoms with Crippen LogP contribution in [0.25, 0.3) is 0 Å². The Bertz CT molecular complexity index is 381. The second kappa shape index (κ2) is 9.33. The molecule has 6 nitrogen and oxygen atoms in total. The van der Waals surface area contributed by atoms with Crippen LogP contribution in [-0.4, -0.2) is 73.6 Å². The van der Waals surface area contributed by atoms with Crippen molar-refractivity contribution in [2.75, 3.05) is 45.9 Å². The fourth-order valence-electron chi connectivity index (χ4n) is 3.10. The molecule has 2 heterocycles. The van der Waals surface area contributed by atoms with Gasteiger partial charge in [-0.2, -0.15) is 0 Å². The minimum Gasteiger partial charge on any atom is -0.466 e. The summed E-state index contributed by atoms with van der Waals surface area (Å²) in [5.41, 5.74) is 0. The zero-order valence-corrected chi connectivity index (χ0v) is 14.4. The van der Waals surface area contributed by atoms with Crippen LogP contribution >= 0.6 is 12.4 Å². The fraction of sp³-hybridized carbons (Fsp3) is 0.867. The molecule has 1 unspecified atom stereocenters. The Balaban J connectivity index is 0.00000242. The number of rotatable bonds is 4. The van der Waals surface area contributed by atoms with E-state index in [9.17, 15) is 9.59 Å². The Kier molecular flexibility index (Phi) is 8.14. The number of hydrogen-bond acceptors (Lipinski definition) is 5. The van der Waals surface area contributed by atoms with Gasteiger partial charge in [-0.25, -0.2) is 0 Å². The second-order valence-electron chi connectivity index (χ2n) is 6.02. The molecule has 0 aromatic carbocycles. The third-order valence-electron chi connectivity index (χ3n) is 4.21. The highest BCUT2D eigenvalue weighted by atomic mass is 35.5. The van der Waals surface area contributed by atoms with E-state index in [1.54, 1.807) is 0 Å². The maximum atomic E-state index is 12.4. The van der Waals surface area contributed by atoms with Crippen molar-refractivity contribution in [3.63, 3.8) is 0 Å². The molecule has 2 aliphatic heterocycles. The molecule has 0 aromatic rings. The largest absolute Gasteiger partial charge is 0.466 e. The summed E-state index contributed by atoms with van der Waals surface area (Å²) in [5, 5.41) is 3.37. The standard InChI is InChI=1S/C15H27N3O3.ClH/c1-3-21-15(20)13-5-4-7-18(10-13)14(19)11-17-8-6-16-12(2)9-17;/h12-13,16H,3-11H2,1-2H3;1H/t12-,13?;/m0./s1. The molecule has 22 heavy (non-hydrogen) atoms. The summed E-state index contributed by atoms with van der Waals surface area (Å²) in [4.78, 5) is 28.3. The lowest BCUT2D eigenvalue weighted by Crippen LogP contribution is -2.53. The maximum Gasteiger partial charge on any atom is 0.310 e. The monoisotopic (exact) mass is 333 g/mol. The van der Waals surface area contributed by atoms with E-state index in [2.05, 4.69) is 17.1 Å². The number of piperazine rings is 1. The summed E-state index contributed by atoms with van der Waals surface area (Å²) >= 11 is 0. The molecule has 0 aromatic heterocycles. The first-order valence-corrected chi connectivity index (χ1v) is 8.00. The van der Waals surface area contributed by atoms with Gasteiger partial charge in [0.05, 0.1) is 19.1 Å². The Labute approximate surface area is 138 Å². The van der Waals surface area contributed by atoms with Gasteiger partial charge in [0.15, 0.2) is 0 Å². The lowest BCUT2D eigenvalue weighted by molar-refractivity contribution is -0.151. The quantitative estimate of drug-likeness (QED) is 0.759. The highest BCUT2D eigenvalue weighted by molar-refractivity contribution is 5.85. The van der Waals surface area contributed by atoms with Crippen molar-refractivity contribution < 1.29 is 14.3 Å². The van der Waals surface area contributed by atoms with E-state index in [0.717, 1.165) is 39.0 Å². The topological polar surface area (TPSA) is 61.9 Å². The molecule has 2 aliphatic rings. The van der Waals surface area contributed by atoms with Gasteiger partial charge in [0.1, 0.15) is 0 Å². The summed E-state index contributed by atoms with van der Waals surface area (Å²) in [7, 11) is 0.